The molecule has 0 spiro atoms. The van der Waals surface area contributed by atoms with Gasteiger partial charge in [0.25, 0.3) is 5.91 Å². The molecule has 4 aromatic carbocycles. The fraction of sp³-hybridized carbons (Fsp3) is 0.391. The van der Waals surface area contributed by atoms with Crippen molar-refractivity contribution in [3.8, 4) is 0 Å². The molecule has 11 heteroatoms. The van der Waals surface area contributed by atoms with E-state index in [-0.39, 0.29) is 49.1 Å². The van der Waals surface area contributed by atoms with Crippen molar-refractivity contribution in [2.24, 2.45) is 0 Å². The van der Waals surface area contributed by atoms with E-state index in [4.69, 9.17) is 4.74 Å². The molecule has 1 saturated heterocycles. The monoisotopic (exact) mass is 773 g/mol. The van der Waals surface area contributed by atoms with Crippen LogP contribution in [0, 0.1) is 5.82 Å². The van der Waals surface area contributed by atoms with Crippen molar-refractivity contribution in [3.05, 3.63) is 142 Å². The lowest BCUT2D eigenvalue weighted by Crippen LogP contribution is -2.50. The Morgan fingerprint density at radius 1 is 0.895 bits per heavy atom. The fourth-order valence-corrected chi connectivity index (χ4v) is 8.33. The number of carbonyl (C=O) groups is 4. The first-order valence-electron chi connectivity index (χ1n) is 20.0. The molecular formula is C46H52FN5O5. The highest BCUT2D eigenvalue weighted by Gasteiger charge is 2.43. The van der Waals surface area contributed by atoms with Gasteiger partial charge in [0.2, 0.25) is 11.8 Å². The quantitative estimate of drug-likeness (QED) is 0.170. The number of hydrogen-bond acceptors (Lipinski definition) is 6. The SMILES string of the molecule is CC(c1ccccc1F)N(Cc1ccc(C(=O)NC2CC(C(=O)NC3CCCc4ccccc43)N(C(=O)OC(C)(C)C)C2)cc1)C(=O)C1Cc2ccccc2CN1. The second-order valence-corrected chi connectivity index (χ2v) is 16.5. The van der Waals surface area contributed by atoms with E-state index in [2.05, 4.69) is 28.1 Å². The van der Waals surface area contributed by atoms with Crippen molar-refractivity contribution >= 4 is 23.8 Å². The Balaban J connectivity index is 1.04. The van der Waals surface area contributed by atoms with Gasteiger partial charge in [0.05, 0.1) is 18.1 Å². The Morgan fingerprint density at radius 3 is 2.32 bits per heavy atom. The molecule has 0 bridgehead atoms. The number of carbonyl (C=O) groups excluding carboxylic acids is 4. The van der Waals surface area contributed by atoms with Crippen molar-refractivity contribution in [3.63, 3.8) is 0 Å². The molecule has 0 aromatic heterocycles. The van der Waals surface area contributed by atoms with Crippen molar-refractivity contribution in [2.75, 3.05) is 6.54 Å². The van der Waals surface area contributed by atoms with Gasteiger partial charge in [0, 0.05) is 36.8 Å². The normalized spacial score (nSPS) is 20.8. The zero-order valence-corrected chi connectivity index (χ0v) is 33.1. The fourth-order valence-electron chi connectivity index (χ4n) is 8.33. The number of hydrogen-bond donors (Lipinski definition) is 3. The Morgan fingerprint density at radius 2 is 1.58 bits per heavy atom. The first-order valence-corrected chi connectivity index (χ1v) is 20.0. The van der Waals surface area contributed by atoms with Crippen molar-refractivity contribution < 1.29 is 28.3 Å². The van der Waals surface area contributed by atoms with E-state index in [1.807, 2.05) is 43.3 Å². The van der Waals surface area contributed by atoms with Crippen LogP contribution in [0.2, 0.25) is 0 Å². The third-order valence-corrected chi connectivity index (χ3v) is 11.3. The van der Waals surface area contributed by atoms with Gasteiger partial charge in [0.1, 0.15) is 17.5 Å². The minimum absolute atomic E-state index is 0.114. The van der Waals surface area contributed by atoms with Gasteiger partial charge in [-0.05, 0) is 106 Å². The van der Waals surface area contributed by atoms with E-state index in [0.29, 0.717) is 24.1 Å². The van der Waals surface area contributed by atoms with E-state index in [1.165, 1.54) is 16.5 Å². The van der Waals surface area contributed by atoms with Crippen LogP contribution in [0.4, 0.5) is 9.18 Å². The number of nitrogens with zero attached hydrogens (tertiary/aromatic N) is 2. The lowest BCUT2D eigenvalue weighted by molar-refractivity contribution is -0.136. The summed E-state index contributed by atoms with van der Waals surface area (Å²) in [6.07, 6.45) is 2.86. The molecule has 0 radical (unpaired) electrons. The van der Waals surface area contributed by atoms with Gasteiger partial charge in [-0.2, -0.15) is 0 Å². The molecule has 10 nitrogen and oxygen atoms in total. The summed E-state index contributed by atoms with van der Waals surface area (Å²) in [4.78, 5) is 58.3. The maximum Gasteiger partial charge on any atom is 0.411 e. The highest BCUT2D eigenvalue weighted by Crippen LogP contribution is 2.31. The van der Waals surface area contributed by atoms with E-state index in [9.17, 15) is 19.2 Å². The molecule has 1 aliphatic carbocycles. The Bertz CT molecular complexity index is 2120. The van der Waals surface area contributed by atoms with E-state index in [1.54, 1.807) is 68.1 Å². The van der Waals surface area contributed by atoms with Gasteiger partial charge >= 0.3 is 6.09 Å². The number of fused-ring (bicyclic) bond motifs is 2. The molecule has 5 atom stereocenters. The minimum atomic E-state index is -0.825. The Labute approximate surface area is 334 Å². The van der Waals surface area contributed by atoms with Crippen LogP contribution in [0.25, 0.3) is 0 Å². The molecule has 4 aromatic rings. The van der Waals surface area contributed by atoms with Gasteiger partial charge < -0.3 is 25.6 Å². The predicted octanol–water partition coefficient (Wildman–Crippen LogP) is 6.93. The van der Waals surface area contributed by atoms with Crippen LogP contribution in [0.1, 0.15) is 103 Å². The zero-order chi connectivity index (χ0) is 40.3. The van der Waals surface area contributed by atoms with Crippen LogP contribution >= 0.6 is 0 Å². The number of amides is 4. The van der Waals surface area contributed by atoms with Crippen molar-refractivity contribution in [1.82, 2.24) is 25.8 Å². The van der Waals surface area contributed by atoms with Gasteiger partial charge in [-0.15, -0.1) is 0 Å². The zero-order valence-electron chi connectivity index (χ0n) is 33.1. The first-order chi connectivity index (χ1) is 27.3. The lowest BCUT2D eigenvalue weighted by Gasteiger charge is -2.35. The van der Waals surface area contributed by atoms with Crippen LogP contribution in [0.3, 0.4) is 0 Å². The topological polar surface area (TPSA) is 120 Å². The number of rotatable bonds is 9. The number of benzene rings is 4. The average Bonchev–Trinajstić information content (AvgIpc) is 3.63. The molecule has 4 amide bonds. The number of likely N-dealkylation sites (tertiary alicyclic amines) is 1. The molecule has 2 aliphatic heterocycles. The molecule has 3 aliphatic rings. The maximum atomic E-state index is 15.1. The second-order valence-electron chi connectivity index (χ2n) is 16.5. The van der Waals surface area contributed by atoms with E-state index < -0.39 is 35.9 Å². The molecule has 3 N–H and O–H groups in total. The van der Waals surface area contributed by atoms with Gasteiger partial charge in [0.15, 0.2) is 0 Å². The summed E-state index contributed by atoms with van der Waals surface area (Å²) in [6, 6.07) is 27.1. The van der Waals surface area contributed by atoms with Crippen LogP contribution in [-0.2, 0) is 40.3 Å². The maximum absolute atomic E-state index is 15.1. The lowest BCUT2D eigenvalue weighted by atomic mass is 9.87. The summed E-state index contributed by atoms with van der Waals surface area (Å²) in [6.45, 7) is 8.04. The van der Waals surface area contributed by atoms with E-state index in [0.717, 1.165) is 41.5 Å². The van der Waals surface area contributed by atoms with Crippen LogP contribution in [-0.4, -0.2) is 63.9 Å². The summed E-state index contributed by atoms with van der Waals surface area (Å²) < 4.78 is 20.8. The number of halogens is 1. The summed E-state index contributed by atoms with van der Waals surface area (Å²) in [5, 5.41) is 9.61. The molecule has 5 unspecified atom stereocenters. The molecule has 7 rings (SSSR count). The number of aryl methyl sites for hydroxylation is 1. The van der Waals surface area contributed by atoms with Crippen LogP contribution < -0.4 is 16.0 Å². The third kappa shape index (κ3) is 9.20. The van der Waals surface area contributed by atoms with Gasteiger partial charge in [-0.25, -0.2) is 9.18 Å². The molecule has 298 valence electrons. The second kappa shape index (κ2) is 16.9. The van der Waals surface area contributed by atoms with Gasteiger partial charge in [-0.1, -0.05) is 78.9 Å². The standard InChI is InChI=1S/C46H52FN5O5/c1-29(36-16-9-10-18-38(36)47)51(44(55)40-24-33-13-5-6-14-34(33)26-48-40)27-30-20-22-32(23-21-30)42(53)49-35-25-41(52(28-35)45(56)57-46(2,3)4)43(54)50-39-19-11-15-31-12-7-8-17-37(31)39/h5-10,12-14,16-18,20-23,29,35,39-41,48H,11,15,19,24-28H2,1-4H3,(H,49,53)(H,50,54). The molecule has 2 heterocycles. The number of ether oxygens (including phenoxy) is 1. The Hall–Kier alpha value is -5.55. The molecule has 0 saturated carbocycles. The smallest absolute Gasteiger partial charge is 0.411 e. The molecule has 1 fully saturated rings. The largest absolute Gasteiger partial charge is 0.444 e. The van der Waals surface area contributed by atoms with Crippen molar-refractivity contribution in [2.45, 2.75) is 109 Å². The van der Waals surface area contributed by atoms with Crippen LogP contribution in [0.5, 0.6) is 0 Å². The minimum Gasteiger partial charge on any atom is -0.444 e. The third-order valence-electron chi connectivity index (χ3n) is 11.3. The van der Waals surface area contributed by atoms with Gasteiger partial charge in [-0.3, -0.25) is 19.3 Å². The average molecular weight is 774 g/mol. The van der Waals surface area contributed by atoms with Crippen molar-refractivity contribution in [1.29, 1.82) is 0 Å². The number of nitrogens with one attached hydrogen (secondary N) is 3. The summed E-state index contributed by atoms with van der Waals surface area (Å²) >= 11 is 0. The molecular weight excluding hydrogens is 722 g/mol. The summed E-state index contributed by atoms with van der Waals surface area (Å²) in [7, 11) is 0. The summed E-state index contributed by atoms with van der Waals surface area (Å²) in [5.41, 5.74) is 5.40. The predicted molar refractivity (Wildman–Crippen MR) is 215 cm³/mol. The van der Waals surface area contributed by atoms with E-state index >= 15 is 4.39 Å². The van der Waals surface area contributed by atoms with Crippen LogP contribution in [0.15, 0.2) is 97.1 Å². The highest BCUT2D eigenvalue weighted by atomic mass is 19.1. The first kappa shape index (κ1) is 39.7. The summed E-state index contributed by atoms with van der Waals surface area (Å²) in [5.74, 6) is -1.15. The molecule has 57 heavy (non-hydrogen) atoms. The highest BCUT2D eigenvalue weighted by molar-refractivity contribution is 5.95. The Kier molecular flexibility index (Phi) is 11.8.